The lowest BCUT2D eigenvalue weighted by Crippen LogP contribution is -2.46. The molecule has 4 aromatic rings. The van der Waals surface area contributed by atoms with Gasteiger partial charge < -0.3 is 20.5 Å². The number of halogens is 2. The Balaban J connectivity index is 1.53. The van der Waals surface area contributed by atoms with Gasteiger partial charge in [-0.15, -0.1) is 0 Å². The number of amides is 2. The third kappa shape index (κ3) is 5.06. The van der Waals surface area contributed by atoms with Crippen LogP contribution in [-0.2, 0) is 13.0 Å². The van der Waals surface area contributed by atoms with E-state index in [4.69, 9.17) is 16.6 Å². The highest BCUT2D eigenvalue weighted by Crippen LogP contribution is 2.30. The molecule has 3 N–H and O–H groups in total. The Morgan fingerprint density at radius 3 is 2.56 bits per heavy atom. The summed E-state index contributed by atoms with van der Waals surface area (Å²) in [6, 6.07) is 12.0. The van der Waals surface area contributed by atoms with Gasteiger partial charge in [-0.25, -0.2) is 9.55 Å². The molecule has 0 unspecified atom stereocenters. The van der Waals surface area contributed by atoms with E-state index in [1.807, 2.05) is 20.8 Å². The average molecular weight is 612 g/mol. The van der Waals surface area contributed by atoms with Crippen molar-refractivity contribution in [1.29, 1.82) is 0 Å². The van der Waals surface area contributed by atoms with Gasteiger partial charge in [-0.2, -0.15) is 0 Å². The number of carbonyl (C=O) groups is 2. The lowest BCUT2D eigenvalue weighted by atomic mass is 9.99. The number of hydrogen-bond acceptors (Lipinski definition) is 5. The van der Waals surface area contributed by atoms with Crippen molar-refractivity contribution in [3.63, 3.8) is 0 Å². The number of hydrogen-bond donors (Lipinski definition) is 3. The van der Waals surface area contributed by atoms with Gasteiger partial charge in [-0.05, 0) is 69.7 Å². The third-order valence-corrected chi connectivity index (χ3v) is 7.66. The van der Waals surface area contributed by atoms with E-state index >= 15 is 0 Å². The Hall–Kier alpha value is -3.63. The van der Waals surface area contributed by atoms with Crippen molar-refractivity contribution >= 4 is 56.2 Å². The minimum absolute atomic E-state index is 0.00297. The summed E-state index contributed by atoms with van der Waals surface area (Å²) in [5, 5.41) is 7.29. The lowest BCUT2D eigenvalue weighted by molar-refractivity contribution is 0.0648. The highest BCUT2D eigenvalue weighted by molar-refractivity contribution is 9.10. The summed E-state index contributed by atoms with van der Waals surface area (Å²) in [6.45, 7) is 6.05. The van der Waals surface area contributed by atoms with Crippen LogP contribution in [0.4, 0.5) is 5.95 Å². The van der Waals surface area contributed by atoms with E-state index in [0.717, 1.165) is 15.4 Å². The number of H-pyrrole nitrogens is 1. The summed E-state index contributed by atoms with van der Waals surface area (Å²) in [4.78, 5) is 49.2. The van der Waals surface area contributed by atoms with Crippen molar-refractivity contribution in [2.24, 2.45) is 0 Å². The monoisotopic (exact) mass is 610 g/mol. The van der Waals surface area contributed by atoms with Crippen LogP contribution in [0.3, 0.4) is 0 Å². The van der Waals surface area contributed by atoms with Gasteiger partial charge in [0, 0.05) is 50.7 Å². The van der Waals surface area contributed by atoms with Gasteiger partial charge in [0.25, 0.3) is 17.4 Å². The topological polar surface area (TPSA) is 112 Å². The first-order chi connectivity index (χ1) is 18.6. The van der Waals surface area contributed by atoms with Gasteiger partial charge in [0.05, 0.1) is 17.9 Å². The van der Waals surface area contributed by atoms with E-state index in [0.29, 0.717) is 45.6 Å². The fourth-order valence-electron chi connectivity index (χ4n) is 4.86. The molecule has 1 aliphatic rings. The standard InChI is InChI=1S/C28H28BrClN6O3/c1-14(2)32-28-34-24-13-35(27(39)23-12-19-21(29)10-17(30)11-22(19)33-23)15(3)9-20(24)26(38)36(28)18-7-5-16(6-8-18)25(37)31-4/h5-8,10-12,14-15,33H,9,13H2,1-4H3,(H,31,37)(H,32,34)/t15-/m1/s1. The molecule has 0 spiro atoms. The van der Waals surface area contributed by atoms with Crippen LogP contribution in [0.2, 0.25) is 5.02 Å². The summed E-state index contributed by atoms with van der Waals surface area (Å²) in [5.41, 5.74) is 3.23. The summed E-state index contributed by atoms with van der Waals surface area (Å²) in [7, 11) is 1.57. The molecule has 39 heavy (non-hydrogen) atoms. The van der Waals surface area contributed by atoms with Crippen LogP contribution in [-0.4, -0.2) is 50.4 Å². The van der Waals surface area contributed by atoms with Crippen LogP contribution in [0, 0.1) is 0 Å². The van der Waals surface area contributed by atoms with Crippen molar-refractivity contribution in [3.8, 4) is 5.69 Å². The average Bonchev–Trinajstić information content (AvgIpc) is 3.32. The second-order valence-electron chi connectivity index (χ2n) is 9.94. The molecular formula is C28H28BrClN6O3. The number of nitrogens with zero attached hydrogens (tertiary/aromatic N) is 3. The molecule has 3 heterocycles. The van der Waals surface area contributed by atoms with E-state index in [-0.39, 0.29) is 36.0 Å². The largest absolute Gasteiger partial charge is 0.355 e. The highest BCUT2D eigenvalue weighted by Gasteiger charge is 2.32. The smallest absolute Gasteiger partial charge is 0.270 e. The number of rotatable bonds is 5. The number of carbonyl (C=O) groups excluding carboxylic acids is 2. The molecule has 0 aliphatic carbocycles. The van der Waals surface area contributed by atoms with Crippen molar-refractivity contribution in [3.05, 3.63) is 84.8 Å². The zero-order chi connectivity index (χ0) is 28.0. The van der Waals surface area contributed by atoms with E-state index in [1.54, 1.807) is 54.4 Å². The quantitative estimate of drug-likeness (QED) is 0.297. The molecule has 0 bridgehead atoms. The first-order valence-corrected chi connectivity index (χ1v) is 13.8. The van der Waals surface area contributed by atoms with E-state index < -0.39 is 0 Å². The van der Waals surface area contributed by atoms with Gasteiger partial charge in [0.15, 0.2) is 0 Å². The normalized spacial score (nSPS) is 14.9. The SMILES string of the molecule is CNC(=O)c1ccc(-n2c(NC(C)C)nc3c(c2=O)C[C@@H](C)N(C(=O)c2cc4c(Br)cc(Cl)cc4[nH]2)C3)cc1. The van der Waals surface area contributed by atoms with Gasteiger partial charge >= 0.3 is 0 Å². The third-order valence-electron chi connectivity index (χ3n) is 6.79. The highest BCUT2D eigenvalue weighted by atomic mass is 79.9. The second-order valence-corrected chi connectivity index (χ2v) is 11.2. The molecular weight excluding hydrogens is 584 g/mol. The van der Waals surface area contributed by atoms with E-state index in [9.17, 15) is 14.4 Å². The molecule has 0 saturated carbocycles. The number of aromatic nitrogens is 3. The first-order valence-electron chi connectivity index (χ1n) is 12.6. The van der Waals surface area contributed by atoms with Crippen molar-refractivity contribution in [1.82, 2.24) is 24.8 Å². The summed E-state index contributed by atoms with van der Waals surface area (Å²) >= 11 is 9.69. The Labute approximate surface area is 238 Å². The number of benzene rings is 2. The Morgan fingerprint density at radius 2 is 1.90 bits per heavy atom. The molecule has 2 amide bonds. The molecule has 1 atom stereocenters. The zero-order valence-corrected chi connectivity index (χ0v) is 24.3. The van der Waals surface area contributed by atoms with Crippen LogP contribution in [0.1, 0.15) is 52.9 Å². The number of anilines is 1. The second kappa shape index (κ2) is 10.5. The Bertz CT molecular complexity index is 1660. The molecule has 0 fully saturated rings. The molecule has 0 radical (unpaired) electrons. The fraction of sp³-hybridized carbons (Fsp3) is 0.286. The Morgan fingerprint density at radius 1 is 1.18 bits per heavy atom. The van der Waals surface area contributed by atoms with Crippen LogP contribution in [0.15, 0.2) is 51.7 Å². The minimum atomic E-state index is -0.231. The van der Waals surface area contributed by atoms with Crippen LogP contribution in [0.25, 0.3) is 16.6 Å². The number of fused-ring (bicyclic) bond motifs is 2. The maximum Gasteiger partial charge on any atom is 0.270 e. The van der Waals surface area contributed by atoms with Gasteiger partial charge in [0.1, 0.15) is 5.69 Å². The van der Waals surface area contributed by atoms with Gasteiger partial charge in [-0.3, -0.25) is 14.4 Å². The summed E-state index contributed by atoms with van der Waals surface area (Å²) in [5.74, 6) is -0.00363. The predicted molar refractivity (Wildman–Crippen MR) is 156 cm³/mol. The lowest BCUT2D eigenvalue weighted by Gasteiger charge is -2.34. The molecule has 9 nitrogen and oxygen atoms in total. The van der Waals surface area contributed by atoms with Crippen molar-refractivity contribution < 1.29 is 9.59 Å². The minimum Gasteiger partial charge on any atom is -0.355 e. The molecule has 2 aromatic heterocycles. The van der Waals surface area contributed by atoms with Crippen LogP contribution in [0.5, 0.6) is 0 Å². The molecule has 0 saturated heterocycles. The first kappa shape index (κ1) is 27.0. The number of aromatic amines is 1. The maximum absolute atomic E-state index is 13.8. The zero-order valence-electron chi connectivity index (χ0n) is 21.9. The van der Waals surface area contributed by atoms with E-state index in [1.165, 1.54) is 4.57 Å². The summed E-state index contributed by atoms with van der Waals surface area (Å²) < 4.78 is 2.34. The van der Waals surface area contributed by atoms with Crippen LogP contribution < -0.4 is 16.2 Å². The molecule has 2 aromatic carbocycles. The Kier molecular flexibility index (Phi) is 7.26. The molecule has 5 rings (SSSR count). The molecule has 202 valence electrons. The number of nitrogens with one attached hydrogen (secondary N) is 3. The van der Waals surface area contributed by atoms with Gasteiger partial charge in [-0.1, -0.05) is 27.5 Å². The summed E-state index contributed by atoms with van der Waals surface area (Å²) in [6.07, 6.45) is 0.362. The van der Waals surface area contributed by atoms with Crippen LogP contribution >= 0.6 is 27.5 Å². The predicted octanol–water partition coefficient (Wildman–Crippen LogP) is 4.90. The van der Waals surface area contributed by atoms with E-state index in [2.05, 4.69) is 31.5 Å². The maximum atomic E-state index is 13.8. The fourth-order valence-corrected chi connectivity index (χ4v) is 5.79. The van der Waals surface area contributed by atoms with Gasteiger partial charge in [0.2, 0.25) is 5.95 Å². The van der Waals surface area contributed by atoms with Crippen molar-refractivity contribution in [2.45, 2.75) is 45.8 Å². The molecule has 1 aliphatic heterocycles. The molecule has 11 heteroatoms. The van der Waals surface area contributed by atoms with Crippen molar-refractivity contribution in [2.75, 3.05) is 12.4 Å².